The molecule has 0 aliphatic carbocycles. The molecular formula is C16H6F17I. The molecule has 0 N–H and O–H groups in total. The number of allylic oxidation sites excluding steroid dienone is 1. The van der Waals surface area contributed by atoms with E-state index < -0.39 is 62.9 Å². The fourth-order valence-electron chi connectivity index (χ4n) is 2.11. The van der Waals surface area contributed by atoms with Crippen LogP contribution in [-0.4, -0.2) is 47.6 Å². The average molecular weight is 648 g/mol. The van der Waals surface area contributed by atoms with Crippen LogP contribution in [0.1, 0.15) is 5.56 Å². The molecule has 34 heavy (non-hydrogen) atoms. The summed E-state index contributed by atoms with van der Waals surface area (Å²) in [5.74, 6) is -56.4. The van der Waals surface area contributed by atoms with Gasteiger partial charge in [-0.25, -0.2) is 0 Å². The van der Waals surface area contributed by atoms with Crippen molar-refractivity contribution in [2.24, 2.45) is 0 Å². The zero-order valence-electron chi connectivity index (χ0n) is 15.3. The summed E-state index contributed by atoms with van der Waals surface area (Å²) in [6, 6.07) is 5.21. The van der Waals surface area contributed by atoms with Crippen LogP contribution in [0.2, 0.25) is 0 Å². The van der Waals surface area contributed by atoms with E-state index in [4.69, 9.17) is 0 Å². The highest BCUT2D eigenvalue weighted by atomic mass is 127. The third-order valence-corrected chi connectivity index (χ3v) is 5.04. The van der Waals surface area contributed by atoms with E-state index in [0.29, 0.717) is 0 Å². The fraction of sp³-hybridized carbons (Fsp3) is 0.500. The summed E-state index contributed by atoms with van der Waals surface area (Å²) >= 11 is 0.793. The zero-order valence-corrected chi connectivity index (χ0v) is 17.4. The molecule has 0 spiro atoms. The SMILES string of the molecule is FC(F)(F)C(F)(F)C(F)(F)C(F)(F)C(F)(F)C(F)(F)C(F)(F)C(F)(F)/C=C(\I)c1ccccc1. The first kappa shape index (κ1) is 30.5. The summed E-state index contributed by atoms with van der Waals surface area (Å²) in [5.41, 5.74) is -0.435. The Hall–Kier alpha value is -1.50. The minimum Gasteiger partial charge on any atom is -0.195 e. The van der Waals surface area contributed by atoms with E-state index in [-0.39, 0.29) is 0 Å². The van der Waals surface area contributed by atoms with E-state index in [1.807, 2.05) is 0 Å². The minimum absolute atomic E-state index is 0.435. The Morgan fingerprint density at radius 1 is 0.500 bits per heavy atom. The smallest absolute Gasteiger partial charge is 0.195 e. The number of rotatable bonds is 8. The maximum Gasteiger partial charge on any atom is 0.460 e. The van der Waals surface area contributed by atoms with E-state index in [1.54, 1.807) is 0 Å². The summed E-state index contributed by atoms with van der Waals surface area (Å²) in [6.07, 6.45) is -8.92. The van der Waals surface area contributed by atoms with Crippen LogP contribution in [0.3, 0.4) is 0 Å². The number of hydrogen-bond acceptors (Lipinski definition) is 0. The van der Waals surface area contributed by atoms with Crippen molar-refractivity contribution in [3.63, 3.8) is 0 Å². The van der Waals surface area contributed by atoms with Crippen molar-refractivity contribution in [3.05, 3.63) is 42.0 Å². The van der Waals surface area contributed by atoms with Gasteiger partial charge in [-0.15, -0.1) is 0 Å². The summed E-state index contributed by atoms with van der Waals surface area (Å²) in [7, 11) is 0. The number of halogens is 18. The predicted octanol–water partition coefficient (Wildman–Crippen LogP) is 8.47. The first-order valence-corrected chi connectivity index (χ1v) is 8.97. The van der Waals surface area contributed by atoms with E-state index in [2.05, 4.69) is 0 Å². The van der Waals surface area contributed by atoms with Gasteiger partial charge in [-0.3, -0.25) is 0 Å². The monoisotopic (exact) mass is 648 g/mol. The first-order chi connectivity index (χ1) is 14.7. The van der Waals surface area contributed by atoms with Gasteiger partial charge >= 0.3 is 47.6 Å². The second-order valence-electron chi connectivity index (χ2n) is 6.43. The maximum absolute atomic E-state index is 13.9. The number of hydrogen-bond donors (Lipinski definition) is 0. The molecule has 0 saturated carbocycles. The molecule has 0 unspecified atom stereocenters. The van der Waals surface area contributed by atoms with Crippen molar-refractivity contribution in [1.29, 1.82) is 0 Å². The molecule has 0 aromatic heterocycles. The Labute approximate surface area is 190 Å². The molecule has 0 atom stereocenters. The predicted molar refractivity (Wildman–Crippen MR) is 89.1 cm³/mol. The normalized spacial score (nSPS) is 16.1. The van der Waals surface area contributed by atoms with Crippen LogP contribution in [0.25, 0.3) is 3.58 Å². The Morgan fingerprint density at radius 3 is 1.18 bits per heavy atom. The highest BCUT2D eigenvalue weighted by Gasteiger charge is 2.95. The van der Waals surface area contributed by atoms with E-state index in [9.17, 15) is 74.6 Å². The van der Waals surface area contributed by atoms with Crippen LogP contribution in [-0.2, 0) is 0 Å². The highest BCUT2D eigenvalue weighted by molar-refractivity contribution is 14.1. The topological polar surface area (TPSA) is 0 Å². The second-order valence-corrected chi connectivity index (χ2v) is 7.59. The zero-order chi connectivity index (χ0) is 27.4. The lowest BCUT2D eigenvalue weighted by Gasteiger charge is -2.42. The molecule has 196 valence electrons. The van der Waals surface area contributed by atoms with Gasteiger partial charge in [0.15, 0.2) is 0 Å². The number of alkyl halides is 17. The Bertz CT molecular complexity index is 898. The van der Waals surface area contributed by atoms with Crippen LogP contribution in [0.4, 0.5) is 74.6 Å². The third-order valence-electron chi connectivity index (χ3n) is 4.10. The summed E-state index contributed by atoms with van der Waals surface area (Å²) in [4.78, 5) is 0. The average Bonchev–Trinajstić information content (AvgIpc) is 2.66. The Kier molecular flexibility index (Phi) is 7.69. The van der Waals surface area contributed by atoms with Gasteiger partial charge in [0.1, 0.15) is 0 Å². The summed E-state index contributed by atoms with van der Waals surface area (Å²) < 4.78 is 223. The van der Waals surface area contributed by atoms with Crippen molar-refractivity contribution in [2.45, 2.75) is 47.6 Å². The lowest BCUT2D eigenvalue weighted by Crippen LogP contribution is -2.74. The van der Waals surface area contributed by atoms with Crippen molar-refractivity contribution < 1.29 is 74.6 Å². The molecule has 1 rings (SSSR count). The van der Waals surface area contributed by atoms with Crippen LogP contribution in [0.5, 0.6) is 0 Å². The minimum atomic E-state index is -8.63. The van der Waals surface area contributed by atoms with Gasteiger partial charge < -0.3 is 0 Å². The molecular weight excluding hydrogens is 642 g/mol. The van der Waals surface area contributed by atoms with Crippen molar-refractivity contribution in [2.75, 3.05) is 0 Å². The second kappa shape index (κ2) is 8.56. The molecule has 0 aliphatic rings. The van der Waals surface area contributed by atoms with Crippen LogP contribution in [0.15, 0.2) is 36.4 Å². The molecule has 0 fully saturated rings. The molecule has 1 aromatic rings. The molecule has 0 bridgehead atoms. The van der Waals surface area contributed by atoms with Crippen molar-refractivity contribution in [3.8, 4) is 0 Å². The van der Waals surface area contributed by atoms with E-state index in [1.165, 1.54) is 6.07 Å². The molecule has 0 nitrogen and oxygen atoms in total. The molecule has 0 aliphatic heterocycles. The lowest BCUT2D eigenvalue weighted by atomic mass is 9.89. The largest absolute Gasteiger partial charge is 0.460 e. The van der Waals surface area contributed by atoms with Crippen molar-refractivity contribution in [1.82, 2.24) is 0 Å². The quantitative estimate of drug-likeness (QED) is 0.196. The molecule has 0 amide bonds. The Balaban J connectivity index is 3.65. The van der Waals surface area contributed by atoms with Crippen LogP contribution in [0, 0.1) is 0 Å². The van der Waals surface area contributed by atoms with Gasteiger partial charge in [-0.1, -0.05) is 30.3 Å². The lowest BCUT2D eigenvalue weighted by molar-refractivity contribution is -0.459. The molecule has 0 saturated heterocycles. The fourth-order valence-corrected chi connectivity index (χ4v) is 2.86. The molecule has 0 heterocycles. The van der Waals surface area contributed by atoms with Gasteiger partial charge in [0.2, 0.25) is 0 Å². The summed E-state index contributed by atoms with van der Waals surface area (Å²) in [5, 5.41) is 0. The first-order valence-electron chi connectivity index (χ1n) is 7.89. The van der Waals surface area contributed by atoms with Gasteiger partial charge in [-0.2, -0.15) is 74.6 Å². The van der Waals surface area contributed by atoms with Gasteiger partial charge in [-0.05, 0) is 28.2 Å². The number of benzene rings is 1. The van der Waals surface area contributed by atoms with Crippen LogP contribution >= 0.6 is 22.6 Å². The van der Waals surface area contributed by atoms with Gasteiger partial charge in [0, 0.05) is 9.66 Å². The van der Waals surface area contributed by atoms with Crippen molar-refractivity contribution >= 4 is 26.2 Å². The Morgan fingerprint density at radius 2 is 0.824 bits per heavy atom. The van der Waals surface area contributed by atoms with E-state index in [0.717, 1.165) is 46.9 Å². The van der Waals surface area contributed by atoms with Crippen LogP contribution < -0.4 is 0 Å². The standard InChI is InChI=1S/C16H6F17I/c17-9(18,6-8(34)7-4-2-1-3-5-7)10(19,20)11(21,22)12(23,24)13(25,26)14(27,28)15(29,30)16(31,32)33/h1-6H/b8-6-. The van der Waals surface area contributed by atoms with Gasteiger partial charge in [0.25, 0.3) is 0 Å². The highest BCUT2D eigenvalue weighted by Crippen LogP contribution is 2.64. The maximum atomic E-state index is 13.9. The van der Waals surface area contributed by atoms with E-state index >= 15 is 0 Å². The molecule has 0 radical (unpaired) electrons. The third kappa shape index (κ3) is 4.31. The summed E-state index contributed by atoms with van der Waals surface area (Å²) in [6.45, 7) is 0. The molecule has 1 aromatic carbocycles. The molecule has 18 heteroatoms. The van der Waals surface area contributed by atoms with Gasteiger partial charge in [0.05, 0.1) is 0 Å².